The van der Waals surface area contributed by atoms with Gasteiger partial charge in [0.2, 0.25) is 0 Å². The van der Waals surface area contributed by atoms with Crippen LogP contribution in [0.25, 0.3) is 0 Å². The maximum atomic E-state index is 13.6. The topological polar surface area (TPSA) is 43.8 Å². The van der Waals surface area contributed by atoms with Gasteiger partial charge in [-0.2, -0.15) is 0 Å². The van der Waals surface area contributed by atoms with Crippen molar-refractivity contribution in [3.8, 4) is 0 Å². The summed E-state index contributed by atoms with van der Waals surface area (Å²) in [4.78, 5) is 4.23. The van der Waals surface area contributed by atoms with Crippen LogP contribution in [-0.2, 0) is 13.0 Å². The quantitative estimate of drug-likeness (QED) is 0.903. The molecule has 0 aliphatic heterocycles. The first-order valence-electron chi connectivity index (χ1n) is 6.32. The van der Waals surface area contributed by atoms with Gasteiger partial charge >= 0.3 is 0 Å². The van der Waals surface area contributed by atoms with Crippen molar-refractivity contribution in [2.45, 2.75) is 32.4 Å². The smallest absolute Gasteiger partial charge is 0.130 e. The minimum absolute atomic E-state index is 0.312. The Morgan fingerprint density at radius 3 is 2.84 bits per heavy atom. The van der Waals surface area contributed by atoms with Crippen molar-refractivity contribution in [3.05, 3.63) is 53.6 Å². The lowest BCUT2D eigenvalue weighted by Gasteiger charge is -2.14. The van der Waals surface area contributed by atoms with Gasteiger partial charge in [0.05, 0.1) is 0 Å². The molecule has 19 heavy (non-hydrogen) atoms. The molecule has 0 spiro atoms. The molecule has 2 N–H and O–H groups in total. The van der Waals surface area contributed by atoms with Gasteiger partial charge in [-0.3, -0.25) is 0 Å². The molecule has 1 aromatic carbocycles. The summed E-state index contributed by atoms with van der Waals surface area (Å²) in [5, 5.41) is 0. The zero-order chi connectivity index (χ0) is 13.8. The summed E-state index contributed by atoms with van der Waals surface area (Å²) in [7, 11) is 0. The lowest BCUT2D eigenvalue weighted by Crippen LogP contribution is -2.18. The molecule has 5 heteroatoms. The molecular formula is C14H17F2N3. The largest absolute Gasteiger partial charge is 0.335 e. The van der Waals surface area contributed by atoms with Gasteiger partial charge in [-0.05, 0) is 12.5 Å². The molecule has 2 rings (SSSR count). The molecule has 0 saturated carbocycles. The molecule has 1 unspecified atom stereocenters. The van der Waals surface area contributed by atoms with E-state index in [-0.39, 0.29) is 0 Å². The Kier molecular flexibility index (Phi) is 4.27. The van der Waals surface area contributed by atoms with E-state index in [0.717, 1.165) is 24.9 Å². The molecule has 0 bridgehead atoms. The highest BCUT2D eigenvalue weighted by Crippen LogP contribution is 2.19. The van der Waals surface area contributed by atoms with E-state index >= 15 is 0 Å². The van der Waals surface area contributed by atoms with Gasteiger partial charge in [-0.25, -0.2) is 13.8 Å². The molecule has 0 amide bonds. The standard InChI is InChI=1S/C14H17F2N3/c1-2-6-19-7-5-18-14(19)9-13(17)11-4-3-10(15)8-12(11)16/h3-5,7-8,13H,2,6,9,17H2,1H3. The van der Waals surface area contributed by atoms with Crippen molar-refractivity contribution in [2.75, 3.05) is 0 Å². The number of nitrogens with two attached hydrogens (primary N) is 1. The summed E-state index contributed by atoms with van der Waals surface area (Å²) in [6, 6.07) is 2.94. The van der Waals surface area contributed by atoms with Gasteiger partial charge in [0.25, 0.3) is 0 Å². The second kappa shape index (κ2) is 5.93. The number of rotatable bonds is 5. The predicted octanol–water partition coefficient (Wildman–Crippen LogP) is 2.81. The molecule has 0 aliphatic rings. The maximum Gasteiger partial charge on any atom is 0.130 e. The molecule has 1 atom stereocenters. The van der Waals surface area contributed by atoms with Gasteiger partial charge in [0.15, 0.2) is 0 Å². The molecule has 0 aliphatic carbocycles. The molecule has 102 valence electrons. The first kappa shape index (κ1) is 13.7. The minimum Gasteiger partial charge on any atom is -0.335 e. The molecule has 1 heterocycles. The highest BCUT2D eigenvalue weighted by atomic mass is 19.1. The molecule has 0 fully saturated rings. The highest BCUT2D eigenvalue weighted by Gasteiger charge is 2.15. The molecule has 0 radical (unpaired) electrons. The number of hydrogen-bond acceptors (Lipinski definition) is 2. The van der Waals surface area contributed by atoms with Crippen molar-refractivity contribution >= 4 is 0 Å². The Morgan fingerprint density at radius 1 is 1.37 bits per heavy atom. The normalized spacial score (nSPS) is 12.6. The first-order chi connectivity index (χ1) is 9.11. The number of halogens is 2. The van der Waals surface area contributed by atoms with Crippen molar-refractivity contribution in [2.24, 2.45) is 5.73 Å². The molecular weight excluding hydrogens is 248 g/mol. The van der Waals surface area contributed by atoms with Crippen LogP contribution in [-0.4, -0.2) is 9.55 Å². The third-order valence-corrected chi connectivity index (χ3v) is 3.03. The van der Waals surface area contributed by atoms with E-state index in [0.29, 0.717) is 12.0 Å². The Bertz CT molecular complexity index is 551. The maximum absolute atomic E-state index is 13.6. The zero-order valence-electron chi connectivity index (χ0n) is 10.8. The Hall–Kier alpha value is -1.75. The van der Waals surface area contributed by atoms with E-state index in [2.05, 4.69) is 11.9 Å². The van der Waals surface area contributed by atoms with E-state index in [9.17, 15) is 8.78 Å². The molecule has 3 nitrogen and oxygen atoms in total. The number of benzene rings is 1. The van der Waals surface area contributed by atoms with Crippen LogP contribution in [0.15, 0.2) is 30.6 Å². The number of hydrogen-bond donors (Lipinski definition) is 1. The highest BCUT2D eigenvalue weighted by molar-refractivity contribution is 5.22. The summed E-state index contributed by atoms with van der Waals surface area (Å²) in [5.41, 5.74) is 6.30. The minimum atomic E-state index is -0.610. The fraction of sp³-hybridized carbons (Fsp3) is 0.357. The van der Waals surface area contributed by atoms with E-state index in [1.807, 2.05) is 10.8 Å². The number of aromatic nitrogens is 2. The third-order valence-electron chi connectivity index (χ3n) is 3.03. The monoisotopic (exact) mass is 265 g/mol. The average Bonchev–Trinajstić information content (AvgIpc) is 2.77. The van der Waals surface area contributed by atoms with Crippen LogP contribution in [0.4, 0.5) is 8.78 Å². The molecule has 2 aromatic rings. The Morgan fingerprint density at radius 2 is 2.16 bits per heavy atom. The van der Waals surface area contributed by atoms with Gasteiger partial charge in [0, 0.05) is 43.0 Å². The third kappa shape index (κ3) is 3.17. The van der Waals surface area contributed by atoms with Crippen LogP contribution < -0.4 is 5.73 Å². The van der Waals surface area contributed by atoms with Crippen LogP contribution in [0, 0.1) is 11.6 Å². The second-order valence-corrected chi connectivity index (χ2v) is 4.51. The summed E-state index contributed by atoms with van der Waals surface area (Å²) in [5.74, 6) is -0.389. The van der Waals surface area contributed by atoms with Crippen molar-refractivity contribution < 1.29 is 8.78 Å². The summed E-state index contributed by atoms with van der Waals surface area (Å²) >= 11 is 0. The van der Waals surface area contributed by atoms with E-state index < -0.39 is 17.7 Å². The van der Waals surface area contributed by atoms with Crippen LogP contribution in [0.3, 0.4) is 0 Å². The fourth-order valence-electron chi connectivity index (χ4n) is 2.08. The van der Waals surface area contributed by atoms with E-state index in [1.165, 1.54) is 12.1 Å². The summed E-state index contributed by atoms with van der Waals surface area (Å²) < 4.78 is 28.5. The van der Waals surface area contributed by atoms with Crippen molar-refractivity contribution in [1.29, 1.82) is 0 Å². The van der Waals surface area contributed by atoms with Crippen molar-refractivity contribution in [1.82, 2.24) is 9.55 Å². The predicted molar refractivity (Wildman–Crippen MR) is 69.5 cm³/mol. The van der Waals surface area contributed by atoms with Crippen molar-refractivity contribution in [3.63, 3.8) is 0 Å². The number of aryl methyl sites for hydroxylation is 1. The lowest BCUT2D eigenvalue weighted by atomic mass is 10.0. The molecule has 1 aromatic heterocycles. The van der Waals surface area contributed by atoms with Gasteiger partial charge in [-0.1, -0.05) is 13.0 Å². The van der Waals surface area contributed by atoms with E-state index in [4.69, 9.17) is 5.73 Å². The Balaban J connectivity index is 2.16. The van der Waals surface area contributed by atoms with Gasteiger partial charge in [-0.15, -0.1) is 0 Å². The van der Waals surface area contributed by atoms with Crippen LogP contribution in [0.1, 0.15) is 30.8 Å². The molecule has 0 saturated heterocycles. The van der Waals surface area contributed by atoms with Crippen LogP contribution in [0.2, 0.25) is 0 Å². The summed E-state index contributed by atoms with van der Waals surface area (Å²) in [6.07, 6.45) is 5.00. The SMILES string of the molecule is CCCn1ccnc1CC(N)c1ccc(F)cc1F. The van der Waals surface area contributed by atoms with Crippen LogP contribution in [0.5, 0.6) is 0 Å². The number of nitrogens with zero attached hydrogens (tertiary/aromatic N) is 2. The van der Waals surface area contributed by atoms with Gasteiger partial charge < -0.3 is 10.3 Å². The fourth-order valence-corrected chi connectivity index (χ4v) is 2.08. The number of imidazole rings is 1. The Labute approximate surface area is 111 Å². The van der Waals surface area contributed by atoms with Gasteiger partial charge in [0.1, 0.15) is 17.5 Å². The average molecular weight is 265 g/mol. The van der Waals surface area contributed by atoms with E-state index in [1.54, 1.807) is 6.20 Å². The second-order valence-electron chi connectivity index (χ2n) is 4.51. The zero-order valence-corrected chi connectivity index (χ0v) is 10.8. The van der Waals surface area contributed by atoms with Crippen LogP contribution >= 0.6 is 0 Å². The lowest BCUT2D eigenvalue weighted by molar-refractivity contribution is 0.542. The first-order valence-corrected chi connectivity index (χ1v) is 6.32. The summed E-state index contributed by atoms with van der Waals surface area (Å²) in [6.45, 7) is 2.93.